The van der Waals surface area contributed by atoms with Crippen molar-refractivity contribution in [3.8, 4) is 0 Å². The fourth-order valence-electron chi connectivity index (χ4n) is 1.75. The van der Waals surface area contributed by atoms with Crippen molar-refractivity contribution in [3.63, 3.8) is 0 Å². The molecule has 1 rings (SSSR count). The molecule has 2 amide bonds. The number of carboxylic acid groups (broad SMARTS) is 1. The number of carboxylic acids is 1. The summed E-state index contributed by atoms with van der Waals surface area (Å²) in [5, 5.41) is 16.0. The second kappa shape index (κ2) is 6.78. The first-order valence-electron chi connectivity index (χ1n) is 6.32. The van der Waals surface area contributed by atoms with Crippen LogP contribution < -0.4 is 15.7 Å². The van der Waals surface area contributed by atoms with E-state index in [1.54, 1.807) is 19.9 Å². The summed E-state index contributed by atoms with van der Waals surface area (Å²) in [5.41, 5.74) is 1.68. The summed E-state index contributed by atoms with van der Waals surface area (Å²) < 4.78 is 0. The number of hydrogen-bond donors (Lipinski definition) is 2. The smallest absolute Gasteiger partial charge is 0.319 e. The van der Waals surface area contributed by atoms with Gasteiger partial charge in [-0.25, -0.2) is 4.79 Å². The summed E-state index contributed by atoms with van der Waals surface area (Å²) in [7, 11) is 0. The Morgan fingerprint density at radius 2 is 1.89 bits per heavy atom. The molecule has 0 unspecified atom stereocenters. The number of nitrogens with one attached hydrogen (secondary N) is 2. The van der Waals surface area contributed by atoms with Gasteiger partial charge in [-0.15, -0.1) is 0 Å². The Morgan fingerprint density at radius 1 is 1.26 bits per heavy atom. The molecule has 0 aromatic heterocycles. The van der Waals surface area contributed by atoms with Gasteiger partial charge in [0.15, 0.2) is 0 Å². The van der Waals surface area contributed by atoms with Gasteiger partial charge in [0.25, 0.3) is 0 Å². The molecular weight excluding hydrogens is 244 g/mol. The summed E-state index contributed by atoms with van der Waals surface area (Å²) >= 11 is 0. The zero-order valence-electron chi connectivity index (χ0n) is 11.4. The molecule has 5 heteroatoms. The largest absolute Gasteiger partial charge is 0.548 e. The maximum absolute atomic E-state index is 11.8. The Labute approximate surface area is 113 Å². The molecule has 0 aliphatic rings. The molecule has 0 saturated heterocycles. The van der Waals surface area contributed by atoms with Crippen molar-refractivity contribution in [1.82, 2.24) is 5.32 Å². The summed E-state index contributed by atoms with van der Waals surface area (Å²) in [6, 6.07) is 5.85. The van der Waals surface area contributed by atoms with E-state index >= 15 is 0 Å². The van der Waals surface area contributed by atoms with Crippen molar-refractivity contribution >= 4 is 17.7 Å². The second-order valence-corrected chi connectivity index (χ2v) is 4.65. The van der Waals surface area contributed by atoms with E-state index in [1.807, 2.05) is 25.1 Å². The van der Waals surface area contributed by atoms with Crippen LogP contribution in [-0.4, -0.2) is 18.0 Å². The standard InChI is InChI=1S/C14H20N2O3/c1-4-10-7-5-6-8-11(10)15-14(19)16-12(9(2)3)13(17)18/h5-9,12H,4H2,1-3H3,(H,17,18)(H2,15,16,19)/p-1/t12-/m0/s1. The molecule has 1 atom stereocenters. The highest BCUT2D eigenvalue weighted by molar-refractivity contribution is 5.92. The van der Waals surface area contributed by atoms with Crippen molar-refractivity contribution in [2.24, 2.45) is 5.92 Å². The van der Waals surface area contributed by atoms with Crippen molar-refractivity contribution in [2.45, 2.75) is 33.2 Å². The summed E-state index contributed by atoms with van der Waals surface area (Å²) in [6.45, 7) is 5.40. The first-order chi connectivity index (χ1) is 8.95. The van der Waals surface area contributed by atoms with Gasteiger partial charge >= 0.3 is 6.03 Å². The van der Waals surface area contributed by atoms with E-state index in [4.69, 9.17) is 0 Å². The molecule has 0 fully saturated rings. The second-order valence-electron chi connectivity index (χ2n) is 4.65. The van der Waals surface area contributed by atoms with Crippen molar-refractivity contribution in [2.75, 3.05) is 5.32 Å². The van der Waals surface area contributed by atoms with Crippen molar-refractivity contribution in [3.05, 3.63) is 29.8 Å². The van der Waals surface area contributed by atoms with Gasteiger partial charge in [-0.05, 0) is 24.0 Å². The van der Waals surface area contributed by atoms with Gasteiger partial charge < -0.3 is 20.5 Å². The SMILES string of the molecule is CCc1ccccc1NC(=O)N[C@H](C(=O)[O-])C(C)C. The Balaban J connectivity index is 2.72. The van der Waals surface area contributed by atoms with E-state index in [0.717, 1.165) is 12.0 Å². The number of para-hydroxylation sites is 1. The molecule has 104 valence electrons. The monoisotopic (exact) mass is 263 g/mol. The van der Waals surface area contributed by atoms with Crippen LogP contribution in [0.15, 0.2) is 24.3 Å². The number of urea groups is 1. The third kappa shape index (κ3) is 4.28. The molecule has 2 N–H and O–H groups in total. The van der Waals surface area contributed by atoms with Crippen LogP contribution in [0.25, 0.3) is 0 Å². The number of amides is 2. The minimum absolute atomic E-state index is 0.239. The Morgan fingerprint density at radius 3 is 2.42 bits per heavy atom. The molecule has 0 aliphatic heterocycles. The quantitative estimate of drug-likeness (QED) is 0.836. The highest BCUT2D eigenvalue weighted by atomic mass is 16.4. The highest BCUT2D eigenvalue weighted by Gasteiger charge is 2.17. The predicted molar refractivity (Wildman–Crippen MR) is 71.6 cm³/mol. The zero-order valence-corrected chi connectivity index (χ0v) is 11.4. The number of benzene rings is 1. The van der Waals surface area contributed by atoms with Gasteiger partial charge in [0.1, 0.15) is 0 Å². The summed E-state index contributed by atoms with van der Waals surface area (Å²) in [5.74, 6) is -1.52. The van der Waals surface area contributed by atoms with E-state index < -0.39 is 18.0 Å². The van der Waals surface area contributed by atoms with Crippen LogP contribution in [0.5, 0.6) is 0 Å². The molecule has 0 spiro atoms. The lowest BCUT2D eigenvalue weighted by Crippen LogP contribution is -2.52. The van der Waals surface area contributed by atoms with Gasteiger partial charge in [0.05, 0.1) is 12.0 Å². The van der Waals surface area contributed by atoms with Crippen molar-refractivity contribution < 1.29 is 14.7 Å². The fourth-order valence-corrected chi connectivity index (χ4v) is 1.75. The molecule has 0 saturated carbocycles. The molecule has 1 aromatic carbocycles. The number of hydrogen-bond acceptors (Lipinski definition) is 3. The topological polar surface area (TPSA) is 81.3 Å². The number of carbonyl (C=O) groups is 2. The molecule has 0 radical (unpaired) electrons. The van der Waals surface area contributed by atoms with Crippen LogP contribution in [0.3, 0.4) is 0 Å². The summed E-state index contributed by atoms with van der Waals surface area (Å²) in [4.78, 5) is 22.7. The van der Waals surface area contributed by atoms with Crippen LogP contribution in [0, 0.1) is 5.92 Å². The Kier molecular flexibility index (Phi) is 5.36. The summed E-state index contributed by atoms with van der Waals surface area (Å²) in [6.07, 6.45) is 0.782. The van der Waals surface area contributed by atoms with Crippen LogP contribution in [0.2, 0.25) is 0 Å². The van der Waals surface area contributed by atoms with Crippen LogP contribution in [0.1, 0.15) is 26.3 Å². The number of aliphatic carboxylic acids is 1. The maximum atomic E-state index is 11.8. The van der Waals surface area contributed by atoms with Crippen molar-refractivity contribution in [1.29, 1.82) is 0 Å². The van der Waals surface area contributed by atoms with Crippen LogP contribution in [-0.2, 0) is 11.2 Å². The Bertz CT molecular complexity index is 458. The fraction of sp³-hybridized carbons (Fsp3) is 0.429. The van der Waals surface area contributed by atoms with Gasteiger partial charge in [0, 0.05) is 5.69 Å². The van der Waals surface area contributed by atoms with Gasteiger partial charge in [-0.1, -0.05) is 39.0 Å². The third-order valence-electron chi connectivity index (χ3n) is 2.85. The normalized spacial score (nSPS) is 12.0. The average molecular weight is 263 g/mol. The number of anilines is 1. The number of rotatable bonds is 5. The molecule has 1 aromatic rings. The predicted octanol–water partition coefficient (Wildman–Crippen LogP) is 1.14. The average Bonchev–Trinajstić information content (AvgIpc) is 2.36. The van der Waals surface area contributed by atoms with Crippen LogP contribution >= 0.6 is 0 Å². The van der Waals surface area contributed by atoms with E-state index in [1.165, 1.54) is 0 Å². The molecule has 5 nitrogen and oxygen atoms in total. The van der Waals surface area contributed by atoms with Crippen LogP contribution in [0.4, 0.5) is 10.5 Å². The lowest BCUT2D eigenvalue weighted by Gasteiger charge is -2.23. The Hall–Kier alpha value is -2.04. The first kappa shape index (κ1) is 15.0. The highest BCUT2D eigenvalue weighted by Crippen LogP contribution is 2.15. The first-order valence-corrected chi connectivity index (χ1v) is 6.32. The van der Waals surface area contributed by atoms with E-state index in [2.05, 4.69) is 10.6 Å². The van der Waals surface area contributed by atoms with Gasteiger partial charge in [0.2, 0.25) is 0 Å². The van der Waals surface area contributed by atoms with E-state index in [0.29, 0.717) is 5.69 Å². The van der Waals surface area contributed by atoms with E-state index in [-0.39, 0.29) is 5.92 Å². The molecular formula is C14H19N2O3-. The molecule has 0 bridgehead atoms. The van der Waals surface area contributed by atoms with E-state index in [9.17, 15) is 14.7 Å². The maximum Gasteiger partial charge on any atom is 0.319 e. The van der Waals surface area contributed by atoms with Gasteiger partial charge in [-0.3, -0.25) is 0 Å². The lowest BCUT2D eigenvalue weighted by molar-refractivity contribution is -0.309. The molecule has 0 heterocycles. The minimum Gasteiger partial charge on any atom is -0.548 e. The zero-order chi connectivity index (χ0) is 14.4. The number of carbonyl (C=O) groups excluding carboxylic acids is 2. The lowest BCUT2D eigenvalue weighted by atomic mass is 10.1. The molecule has 19 heavy (non-hydrogen) atoms. The molecule has 0 aliphatic carbocycles. The minimum atomic E-state index is -1.28. The van der Waals surface area contributed by atoms with Gasteiger partial charge in [-0.2, -0.15) is 0 Å². The third-order valence-corrected chi connectivity index (χ3v) is 2.85. The number of aryl methyl sites for hydroxylation is 1.